The minimum Gasteiger partial charge on any atom is -0.392 e. The molecule has 0 heterocycles. The van der Waals surface area contributed by atoms with Gasteiger partial charge in [0.25, 0.3) is 0 Å². The van der Waals surface area contributed by atoms with Crippen LogP contribution in [0.2, 0.25) is 0 Å². The number of hydrogen-bond acceptors (Lipinski definition) is 1. The van der Waals surface area contributed by atoms with E-state index in [1.807, 2.05) is 18.2 Å². The Morgan fingerprint density at radius 1 is 0.800 bits per heavy atom. The third-order valence-electron chi connectivity index (χ3n) is 2.30. The Morgan fingerprint density at radius 2 is 1.40 bits per heavy atom. The maximum atomic E-state index is 8.93. The van der Waals surface area contributed by atoms with E-state index in [-0.39, 0.29) is 15.2 Å². The second kappa shape index (κ2) is 5.06. The van der Waals surface area contributed by atoms with Crippen molar-refractivity contribution < 1.29 is 5.11 Å². The molecule has 0 aromatic heterocycles. The lowest BCUT2D eigenvalue weighted by atomic mass is 10.2. The van der Waals surface area contributed by atoms with E-state index >= 15 is 0 Å². The lowest BCUT2D eigenvalue weighted by Gasteiger charge is -1.97. The minimum atomic E-state index is 0.126. The fourth-order valence-electron chi connectivity index (χ4n) is 1.46. The number of aliphatic hydroxyl groups is 1. The summed E-state index contributed by atoms with van der Waals surface area (Å²) in [4.78, 5) is 0. The van der Waals surface area contributed by atoms with Gasteiger partial charge in [-0.1, -0.05) is 30.3 Å². The summed E-state index contributed by atoms with van der Waals surface area (Å²) in [7, 11) is 0.177. The number of benzene rings is 2. The van der Waals surface area contributed by atoms with Crippen molar-refractivity contribution in [3.8, 4) is 0 Å². The number of rotatable bonds is 3. The van der Waals surface area contributed by atoms with E-state index in [1.165, 1.54) is 10.6 Å². The van der Waals surface area contributed by atoms with Crippen LogP contribution in [0.5, 0.6) is 0 Å². The largest absolute Gasteiger partial charge is 0.392 e. The Labute approximate surface area is 91.6 Å². The zero-order valence-corrected chi connectivity index (χ0v) is 9.58. The van der Waals surface area contributed by atoms with Crippen LogP contribution >= 0.6 is 8.58 Å². The lowest BCUT2D eigenvalue weighted by Crippen LogP contribution is -2.02. The molecule has 0 fully saturated rings. The average molecular weight is 217 g/mol. The molecule has 2 aromatic carbocycles. The van der Waals surface area contributed by atoms with Crippen molar-refractivity contribution in [2.75, 3.05) is 0 Å². The summed E-state index contributed by atoms with van der Waals surface area (Å²) in [5, 5.41) is 11.7. The Kier molecular flexibility index (Phi) is 3.49. The molecular weight excluding hydrogens is 203 g/mol. The molecule has 1 unspecified atom stereocenters. The highest BCUT2D eigenvalue weighted by molar-refractivity contribution is 7.55. The summed E-state index contributed by atoms with van der Waals surface area (Å²) in [6.45, 7) is 0.126. The molecular formula is C13H14OP+. The van der Waals surface area contributed by atoms with Crippen LogP contribution < -0.4 is 10.6 Å². The SMILES string of the molecule is OCc1ccc([PH2+]c2ccccc2)cc1. The maximum absolute atomic E-state index is 8.93. The van der Waals surface area contributed by atoms with Crippen LogP contribution in [0.25, 0.3) is 0 Å². The highest BCUT2D eigenvalue weighted by Gasteiger charge is 2.02. The summed E-state index contributed by atoms with van der Waals surface area (Å²) in [6, 6.07) is 18.7. The van der Waals surface area contributed by atoms with Crippen molar-refractivity contribution in [2.24, 2.45) is 0 Å². The Hall–Kier alpha value is -1.17. The van der Waals surface area contributed by atoms with E-state index in [0.29, 0.717) is 0 Å². The first-order valence-corrected chi connectivity index (χ1v) is 6.13. The summed E-state index contributed by atoms with van der Waals surface area (Å²) >= 11 is 0. The second-order valence-electron chi connectivity index (χ2n) is 3.45. The molecule has 76 valence electrons. The van der Waals surface area contributed by atoms with Gasteiger partial charge in [-0.25, -0.2) is 0 Å². The van der Waals surface area contributed by atoms with E-state index in [0.717, 1.165) is 5.56 Å². The van der Waals surface area contributed by atoms with Crippen molar-refractivity contribution in [2.45, 2.75) is 6.61 Å². The molecule has 2 aromatic rings. The van der Waals surface area contributed by atoms with Crippen molar-refractivity contribution in [1.82, 2.24) is 0 Å². The van der Waals surface area contributed by atoms with Gasteiger partial charge in [0.05, 0.1) is 25.8 Å². The van der Waals surface area contributed by atoms with Crippen LogP contribution in [0, 0.1) is 0 Å². The third-order valence-corrected chi connectivity index (χ3v) is 3.73. The smallest absolute Gasteiger partial charge is 0.0942 e. The Bertz CT molecular complexity index is 408. The fourth-order valence-corrected chi connectivity index (χ4v) is 2.65. The van der Waals surface area contributed by atoms with Crippen molar-refractivity contribution in [1.29, 1.82) is 0 Å². The summed E-state index contributed by atoms with van der Waals surface area (Å²) in [5.74, 6) is 0. The summed E-state index contributed by atoms with van der Waals surface area (Å²) < 4.78 is 0. The van der Waals surface area contributed by atoms with Gasteiger partial charge in [-0.05, 0) is 29.8 Å². The molecule has 2 heteroatoms. The average Bonchev–Trinajstić information content (AvgIpc) is 2.31. The Balaban J connectivity index is 2.11. The van der Waals surface area contributed by atoms with Crippen molar-refractivity contribution >= 4 is 19.2 Å². The predicted octanol–water partition coefficient (Wildman–Crippen LogP) is 1.54. The monoisotopic (exact) mass is 217 g/mol. The van der Waals surface area contributed by atoms with Crippen LogP contribution in [0.4, 0.5) is 0 Å². The van der Waals surface area contributed by atoms with Gasteiger partial charge in [0.15, 0.2) is 0 Å². The molecule has 15 heavy (non-hydrogen) atoms. The predicted molar refractivity (Wildman–Crippen MR) is 67.8 cm³/mol. The summed E-state index contributed by atoms with van der Waals surface area (Å²) in [6.07, 6.45) is 0. The van der Waals surface area contributed by atoms with E-state index in [9.17, 15) is 0 Å². The highest BCUT2D eigenvalue weighted by atomic mass is 31.1. The summed E-state index contributed by atoms with van der Waals surface area (Å²) in [5.41, 5.74) is 0.978. The lowest BCUT2D eigenvalue weighted by molar-refractivity contribution is 0.282. The normalized spacial score (nSPS) is 11.0. The number of hydrogen-bond donors (Lipinski definition) is 1. The zero-order chi connectivity index (χ0) is 10.5. The molecule has 0 saturated carbocycles. The molecule has 0 bridgehead atoms. The standard InChI is InChI=1S/C13H13OP/c14-10-11-6-8-13(9-7-11)15-12-4-2-1-3-5-12/h1-9,14-15H,10H2/p+1. The van der Waals surface area contributed by atoms with Crippen molar-refractivity contribution in [3.05, 3.63) is 60.2 Å². The zero-order valence-electron chi connectivity index (χ0n) is 8.43. The molecule has 0 saturated heterocycles. The van der Waals surface area contributed by atoms with Crippen LogP contribution in [0.3, 0.4) is 0 Å². The van der Waals surface area contributed by atoms with Crippen LogP contribution in [-0.2, 0) is 6.61 Å². The van der Waals surface area contributed by atoms with Crippen LogP contribution in [0.15, 0.2) is 54.6 Å². The molecule has 1 nitrogen and oxygen atoms in total. The van der Waals surface area contributed by atoms with E-state index in [1.54, 1.807) is 0 Å². The maximum Gasteiger partial charge on any atom is 0.0942 e. The molecule has 0 spiro atoms. The third kappa shape index (κ3) is 2.89. The van der Waals surface area contributed by atoms with E-state index in [4.69, 9.17) is 5.11 Å². The van der Waals surface area contributed by atoms with Crippen LogP contribution in [0.1, 0.15) is 5.56 Å². The molecule has 0 amide bonds. The topological polar surface area (TPSA) is 20.2 Å². The van der Waals surface area contributed by atoms with E-state index in [2.05, 4.69) is 36.4 Å². The molecule has 0 radical (unpaired) electrons. The van der Waals surface area contributed by atoms with Gasteiger partial charge in [-0.15, -0.1) is 0 Å². The second-order valence-corrected chi connectivity index (χ2v) is 5.08. The molecule has 0 aliphatic heterocycles. The van der Waals surface area contributed by atoms with Crippen LogP contribution in [-0.4, -0.2) is 5.11 Å². The molecule has 2 rings (SSSR count). The van der Waals surface area contributed by atoms with Gasteiger partial charge >= 0.3 is 0 Å². The highest BCUT2D eigenvalue weighted by Crippen LogP contribution is 2.10. The first-order chi connectivity index (χ1) is 7.38. The quantitative estimate of drug-likeness (QED) is 0.773. The fraction of sp³-hybridized carbons (Fsp3) is 0.0769. The minimum absolute atomic E-state index is 0.126. The van der Waals surface area contributed by atoms with Crippen molar-refractivity contribution in [3.63, 3.8) is 0 Å². The Morgan fingerprint density at radius 3 is 2.00 bits per heavy atom. The van der Waals surface area contributed by atoms with Gasteiger partial charge in [0, 0.05) is 0 Å². The van der Waals surface area contributed by atoms with Gasteiger partial charge in [-0.3, -0.25) is 0 Å². The first-order valence-electron chi connectivity index (χ1n) is 4.98. The van der Waals surface area contributed by atoms with Gasteiger partial charge < -0.3 is 5.11 Å². The molecule has 0 aliphatic rings. The molecule has 0 aliphatic carbocycles. The van der Waals surface area contributed by atoms with Gasteiger partial charge in [0.2, 0.25) is 0 Å². The molecule has 1 atom stereocenters. The number of aliphatic hydroxyl groups excluding tert-OH is 1. The van der Waals surface area contributed by atoms with E-state index < -0.39 is 0 Å². The molecule has 1 N–H and O–H groups in total. The van der Waals surface area contributed by atoms with Gasteiger partial charge in [0.1, 0.15) is 0 Å². The van der Waals surface area contributed by atoms with Gasteiger partial charge in [-0.2, -0.15) is 0 Å². The first kappa shape index (κ1) is 10.4.